The van der Waals surface area contributed by atoms with Gasteiger partial charge < -0.3 is 15.1 Å². The normalized spacial score (nSPS) is 33.5. The molecule has 3 aliphatic rings. The van der Waals surface area contributed by atoms with Crippen LogP contribution < -0.4 is 10.6 Å². The Bertz CT molecular complexity index is 589. The zero-order chi connectivity index (χ0) is 15.4. The van der Waals surface area contributed by atoms with Crippen LogP contribution >= 0.6 is 0 Å². The maximum Gasteiger partial charge on any atom is 0.288 e. The second kappa shape index (κ2) is 4.75. The molecular formula is C15H19F2N3O2. The van der Waals surface area contributed by atoms with E-state index >= 15 is 0 Å². The van der Waals surface area contributed by atoms with Gasteiger partial charge >= 0.3 is 0 Å². The first-order chi connectivity index (χ1) is 10.5. The van der Waals surface area contributed by atoms with E-state index in [1.807, 2.05) is 0 Å². The largest absolute Gasteiger partial charge is 0.435 e. The van der Waals surface area contributed by atoms with Crippen LogP contribution in [0.3, 0.4) is 0 Å². The van der Waals surface area contributed by atoms with Gasteiger partial charge in [-0.05, 0) is 38.8 Å². The second-order valence-corrected chi connectivity index (χ2v) is 6.83. The van der Waals surface area contributed by atoms with Crippen LogP contribution in [0.4, 0.5) is 8.78 Å². The van der Waals surface area contributed by atoms with Gasteiger partial charge in [-0.3, -0.25) is 4.79 Å². The van der Waals surface area contributed by atoms with Gasteiger partial charge in [-0.2, -0.15) is 0 Å². The smallest absolute Gasteiger partial charge is 0.288 e. The number of carbonyl (C=O) groups excluding carboxylic acids is 1. The summed E-state index contributed by atoms with van der Waals surface area (Å²) in [5.74, 6) is -1.85. The predicted molar refractivity (Wildman–Crippen MR) is 73.8 cm³/mol. The molecule has 22 heavy (non-hydrogen) atoms. The highest BCUT2D eigenvalue weighted by molar-refractivity contribution is 5.91. The molecule has 1 aliphatic heterocycles. The van der Waals surface area contributed by atoms with Crippen molar-refractivity contribution in [2.75, 3.05) is 13.1 Å². The lowest BCUT2D eigenvalue weighted by Crippen LogP contribution is -2.47. The molecule has 1 aromatic heterocycles. The number of hydrogen-bond acceptors (Lipinski definition) is 4. The summed E-state index contributed by atoms with van der Waals surface area (Å²) in [6.07, 6.45) is 4.02. The molecule has 1 spiro atoms. The summed E-state index contributed by atoms with van der Waals surface area (Å²) in [6.45, 7) is 1.85. The average Bonchev–Trinajstić information content (AvgIpc) is 2.87. The van der Waals surface area contributed by atoms with Crippen LogP contribution in [0.5, 0.6) is 0 Å². The summed E-state index contributed by atoms with van der Waals surface area (Å²) >= 11 is 0. The van der Waals surface area contributed by atoms with Crippen molar-refractivity contribution in [3.05, 3.63) is 17.8 Å². The Kier molecular flexibility index (Phi) is 3.04. The summed E-state index contributed by atoms with van der Waals surface area (Å²) in [7, 11) is 0. The zero-order valence-corrected chi connectivity index (χ0v) is 12.2. The van der Waals surface area contributed by atoms with E-state index in [2.05, 4.69) is 15.6 Å². The number of rotatable bonds is 3. The Hall–Kier alpha value is -1.50. The quantitative estimate of drug-likeness (QED) is 0.896. The molecule has 1 amide bonds. The topological polar surface area (TPSA) is 67.2 Å². The Labute approximate surface area is 126 Å². The molecule has 5 nitrogen and oxygen atoms in total. The highest BCUT2D eigenvalue weighted by Crippen LogP contribution is 2.70. The average molecular weight is 311 g/mol. The van der Waals surface area contributed by atoms with Crippen LogP contribution in [0.25, 0.3) is 0 Å². The number of piperidine rings is 1. The van der Waals surface area contributed by atoms with E-state index in [0.29, 0.717) is 18.7 Å². The fraction of sp³-hybridized carbons (Fsp3) is 0.733. The summed E-state index contributed by atoms with van der Waals surface area (Å²) in [5, 5.41) is 6.03. The number of carbonyl (C=O) groups is 1. The Morgan fingerprint density at radius 2 is 2.05 bits per heavy atom. The van der Waals surface area contributed by atoms with E-state index in [1.165, 1.54) is 6.20 Å². The van der Waals surface area contributed by atoms with Gasteiger partial charge in [0.25, 0.3) is 11.8 Å². The molecule has 1 saturated heterocycles. The fourth-order valence-corrected chi connectivity index (χ4v) is 3.72. The first-order valence-corrected chi connectivity index (χ1v) is 7.84. The minimum absolute atomic E-state index is 0.0332. The summed E-state index contributed by atoms with van der Waals surface area (Å²) < 4.78 is 31.8. The van der Waals surface area contributed by atoms with Crippen LogP contribution in [-0.4, -0.2) is 35.9 Å². The van der Waals surface area contributed by atoms with Gasteiger partial charge in [-0.25, -0.2) is 13.8 Å². The first kappa shape index (κ1) is 14.1. The summed E-state index contributed by atoms with van der Waals surface area (Å²) in [5.41, 5.74) is -0.827. The monoisotopic (exact) mass is 311 g/mol. The van der Waals surface area contributed by atoms with Gasteiger partial charge in [0.15, 0.2) is 5.89 Å². The number of oxazole rings is 1. The Balaban J connectivity index is 1.33. The third kappa shape index (κ3) is 2.22. The van der Waals surface area contributed by atoms with Crippen molar-refractivity contribution < 1.29 is 18.0 Å². The molecule has 2 heterocycles. The van der Waals surface area contributed by atoms with Gasteiger partial charge in [0, 0.05) is 23.8 Å². The number of hydrogen-bond donors (Lipinski definition) is 2. The van der Waals surface area contributed by atoms with Crippen molar-refractivity contribution in [1.29, 1.82) is 0 Å². The molecule has 4 rings (SSSR count). The summed E-state index contributed by atoms with van der Waals surface area (Å²) in [4.78, 5) is 16.3. The molecule has 0 atom stereocenters. The van der Waals surface area contributed by atoms with E-state index in [9.17, 15) is 13.6 Å². The standard InChI is InChI=1S/C15H19F2N3O2/c16-15(17)8-14(15)5-10(6-14)20-12(21)11-7-19-13(22-11)9-1-3-18-4-2-9/h7,9-10,18H,1-6,8H2,(H,20,21). The lowest BCUT2D eigenvalue weighted by molar-refractivity contribution is 0.0138. The highest BCUT2D eigenvalue weighted by atomic mass is 19.3. The molecule has 0 bridgehead atoms. The number of nitrogens with zero attached hydrogens (tertiary/aromatic N) is 1. The molecule has 3 fully saturated rings. The van der Waals surface area contributed by atoms with Gasteiger partial charge in [0.05, 0.1) is 6.20 Å². The molecule has 120 valence electrons. The van der Waals surface area contributed by atoms with Crippen LogP contribution in [0.1, 0.15) is 54.5 Å². The Morgan fingerprint density at radius 3 is 2.68 bits per heavy atom. The van der Waals surface area contributed by atoms with Crippen molar-refractivity contribution in [3.63, 3.8) is 0 Å². The van der Waals surface area contributed by atoms with Gasteiger partial charge in [0.1, 0.15) is 0 Å². The molecular weight excluding hydrogens is 292 g/mol. The number of halogens is 2. The van der Waals surface area contributed by atoms with Gasteiger partial charge in [0.2, 0.25) is 5.76 Å². The fourth-order valence-electron chi connectivity index (χ4n) is 3.72. The van der Waals surface area contributed by atoms with E-state index in [0.717, 1.165) is 25.9 Å². The van der Waals surface area contributed by atoms with Crippen molar-refractivity contribution in [3.8, 4) is 0 Å². The van der Waals surface area contributed by atoms with E-state index in [4.69, 9.17) is 4.42 Å². The predicted octanol–water partition coefficient (Wildman–Crippen LogP) is 2.06. The van der Waals surface area contributed by atoms with Crippen LogP contribution in [0, 0.1) is 5.41 Å². The minimum Gasteiger partial charge on any atom is -0.435 e. The van der Waals surface area contributed by atoms with Crippen LogP contribution in [0.2, 0.25) is 0 Å². The third-order valence-corrected chi connectivity index (χ3v) is 5.26. The van der Waals surface area contributed by atoms with Gasteiger partial charge in [-0.15, -0.1) is 0 Å². The Morgan fingerprint density at radius 1 is 1.36 bits per heavy atom. The molecule has 0 radical (unpaired) electrons. The van der Waals surface area contributed by atoms with Crippen molar-refractivity contribution in [2.45, 2.75) is 50.0 Å². The van der Waals surface area contributed by atoms with E-state index in [-0.39, 0.29) is 30.0 Å². The number of aromatic nitrogens is 1. The number of nitrogens with one attached hydrogen (secondary N) is 2. The molecule has 0 unspecified atom stereocenters. The van der Waals surface area contributed by atoms with E-state index in [1.54, 1.807) is 0 Å². The van der Waals surface area contributed by atoms with Crippen molar-refractivity contribution >= 4 is 5.91 Å². The highest BCUT2D eigenvalue weighted by Gasteiger charge is 2.75. The number of alkyl halides is 2. The molecule has 1 aromatic rings. The first-order valence-electron chi connectivity index (χ1n) is 7.84. The SMILES string of the molecule is O=C(NC1CC2(C1)CC2(F)F)c1cnc(C2CCNCC2)o1. The lowest BCUT2D eigenvalue weighted by Gasteiger charge is -2.36. The van der Waals surface area contributed by atoms with Crippen LogP contribution in [-0.2, 0) is 0 Å². The lowest BCUT2D eigenvalue weighted by atomic mass is 9.76. The van der Waals surface area contributed by atoms with Gasteiger partial charge in [-0.1, -0.05) is 0 Å². The van der Waals surface area contributed by atoms with Crippen LogP contribution in [0.15, 0.2) is 10.6 Å². The zero-order valence-electron chi connectivity index (χ0n) is 12.2. The summed E-state index contributed by atoms with van der Waals surface area (Å²) in [6, 6.07) is -0.173. The molecule has 2 saturated carbocycles. The minimum atomic E-state index is -2.53. The van der Waals surface area contributed by atoms with Crippen molar-refractivity contribution in [1.82, 2.24) is 15.6 Å². The third-order valence-electron chi connectivity index (χ3n) is 5.26. The maximum absolute atomic E-state index is 13.1. The number of amides is 1. The second-order valence-electron chi connectivity index (χ2n) is 6.83. The van der Waals surface area contributed by atoms with Crippen molar-refractivity contribution in [2.24, 2.45) is 5.41 Å². The molecule has 7 heteroatoms. The molecule has 2 N–H and O–H groups in total. The van der Waals surface area contributed by atoms with E-state index < -0.39 is 11.3 Å². The molecule has 2 aliphatic carbocycles. The molecule has 0 aromatic carbocycles. The maximum atomic E-state index is 13.1.